The molecule has 3 aliphatic rings. The highest BCUT2D eigenvalue weighted by molar-refractivity contribution is 5.93. The summed E-state index contributed by atoms with van der Waals surface area (Å²) in [6.07, 6.45) is 0.260. The fraction of sp³-hybridized carbons (Fsp3) is 0.857. The Bertz CT molecular complexity index is 467. The second-order valence-electron chi connectivity index (χ2n) is 6.34. The van der Waals surface area contributed by atoms with Gasteiger partial charge in [-0.3, -0.25) is 4.79 Å². The smallest absolute Gasteiger partial charge is 0.362 e. The predicted molar refractivity (Wildman–Crippen MR) is 69.2 cm³/mol. The van der Waals surface area contributed by atoms with E-state index < -0.39 is 30.1 Å². The van der Waals surface area contributed by atoms with Crippen molar-refractivity contribution >= 4 is 11.6 Å². The number of amides is 1. The first-order valence-corrected chi connectivity index (χ1v) is 7.53. The van der Waals surface area contributed by atoms with Gasteiger partial charge in [0.1, 0.15) is 0 Å². The van der Waals surface area contributed by atoms with Crippen molar-refractivity contribution in [3.63, 3.8) is 0 Å². The van der Waals surface area contributed by atoms with E-state index in [0.717, 1.165) is 32.1 Å². The molecule has 0 aromatic heterocycles. The maximum Gasteiger partial charge on any atom is 0.438 e. The highest BCUT2D eigenvalue weighted by atomic mass is 19.4. The largest absolute Gasteiger partial charge is 0.438 e. The second kappa shape index (κ2) is 4.97. The number of halogens is 3. The minimum atomic E-state index is -4.89. The molecule has 2 aliphatic carbocycles. The summed E-state index contributed by atoms with van der Waals surface area (Å²) in [5.41, 5.74) is -2.82. The molecule has 7 heteroatoms. The molecule has 3 rings (SSSR count). The average Bonchev–Trinajstić information content (AvgIpc) is 3.21. The van der Waals surface area contributed by atoms with Crippen molar-refractivity contribution in [2.75, 3.05) is 0 Å². The van der Waals surface area contributed by atoms with Gasteiger partial charge in [0, 0.05) is 18.1 Å². The van der Waals surface area contributed by atoms with Crippen molar-refractivity contribution < 1.29 is 23.1 Å². The lowest BCUT2D eigenvalue weighted by atomic mass is 9.83. The van der Waals surface area contributed by atoms with Crippen LogP contribution in [0.15, 0.2) is 5.10 Å². The molecule has 0 radical (unpaired) electrons. The number of alkyl halides is 3. The fourth-order valence-electron chi connectivity index (χ4n) is 3.19. The number of rotatable bonds is 2. The van der Waals surface area contributed by atoms with Gasteiger partial charge in [-0.15, -0.1) is 0 Å². The molecule has 118 valence electrons. The third kappa shape index (κ3) is 2.56. The SMILES string of the molecule is O=C(C1CC1)N1N=C(C2CCCCC2)C[C@]1(O)C(F)(F)F. The molecule has 2 saturated carbocycles. The Morgan fingerprint density at radius 3 is 2.33 bits per heavy atom. The van der Waals surface area contributed by atoms with Crippen LogP contribution in [0.2, 0.25) is 0 Å². The van der Waals surface area contributed by atoms with Crippen LogP contribution in [0.1, 0.15) is 51.4 Å². The van der Waals surface area contributed by atoms with Crippen LogP contribution >= 0.6 is 0 Å². The third-order valence-electron chi connectivity index (χ3n) is 4.67. The van der Waals surface area contributed by atoms with Crippen molar-refractivity contribution in [3.05, 3.63) is 0 Å². The zero-order valence-electron chi connectivity index (χ0n) is 11.7. The van der Waals surface area contributed by atoms with E-state index in [0.29, 0.717) is 23.6 Å². The number of hydrogen-bond acceptors (Lipinski definition) is 3. The summed E-state index contributed by atoms with van der Waals surface area (Å²) in [7, 11) is 0. The second-order valence-corrected chi connectivity index (χ2v) is 6.34. The molecular formula is C14H19F3N2O2. The number of carbonyl (C=O) groups excluding carboxylic acids is 1. The quantitative estimate of drug-likeness (QED) is 0.853. The first kappa shape index (κ1) is 14.8. The van der Waals surface area contributed by atoms with Crippen LogP contribution < -0.4 is 0 Å². The van der Waals surface area contributed by atoms with E-state index in [9.17, 15) is 23.1 Å². The van der Waals surface area contributed by atoms with Crippen LogP contribution in [-0.2, 0) is 4.79 Å². The monoisotopic (exact) mass is 304 g/mol. The van der Waals surface area contributed by atoms with E-state index >= 15 is 0 Å². The Morgan fingerprint density at radius 2 is 1.81 bits per heavy atom. The Balaban J connectivity index is 1.86. The number of hydrazone groups is 1. The van der Waals surface area contributed by atoms with Crippen LogP contribution in [0.3, 0.4) is 0 Å². The first-order valence-electron chi connectivity index (χ1n) is 7.53. The van der Waals surface area contributed by atoms with Gasteiger partial charge in [-0.05, 0) is 31.6 Å². The van der Waals surface area contributed by atoms with Crippen molar-refractivity contribution in [2.24, 2.45) is 16.9 Å². The van der Waals surface area contributed by atoms with Gasteiger partial charge in [-0.25, -0.2) is 0 Å². The number of carbonyl (C=O) groups is 1. The Kier molecular flexibility index (Phi) is 3.50. The van der Waals surface area contributed by atoms with E-state index in [1.54, 1.807) is 0 Å². The van der Waals surface area contributed by atoms with E-state index in [2.05, 4.69) is 5.10 Å². The van der Waals surface area contributed by atoms with Crippen LogP contribution in [-0.4, -0.2) is 33.6 Å². The maximum atomic E-state index is 13.3. The summed E-state index contributed by atoms with van der Waals surface area (Å²) < 4.78 is 39.8. The standard InChI is InChI=1S/C14H19F3N2O2/c15-14(16,17)13(21)8-11(9-4-2-1-3-5-9)18-19(13)12(20)10-6-7-10/h9-10,21H,1-8H2/t13-/m0/s1. The van der Waals surface area contributed by atoms with Gasteiger partial charge in [-0.1, -0.05) is 19.3 Å². The summed E-state index contributed by atoms with van der Waals surface area (Å²) in [5.74, 6) is -1.14. The van der Waals surface area contributed by atoms with Crippen LogP contribution in [0.4, 0.5) is 13.2 Å². The van der Waals surface area contributed by atoms with Crippen LogP contribution in [0.5, 0.6) is 0 Å². The molecule has 4 nitrogen and oxygen atoms in total. The van der Waals surface area contributed by atoms with Gasteiger partial charge in [0.2, 0.25) is 5.91 Å². The van der Waals surface area contributed by atoms with Gasteiger partial charge in [-0.2, -0.15) is 23.3 Å². The first-order chi connectivity index (χ1) is 9.83. The lowest BCUT2D eigenvalue weighted by Gasteiger charge is -2.32. The van der Waals surface area contributed by atoms with Crippen LogP contribution in [0.25, 0.3) is 0 Å². The molecule has 0 unspecified atom stereocenters. The minimum absolute atomic E-state index is 0.0374. The predicted octanol–water partition coefficient (Wildman–Crippen LogP) is 2.82. The summed E-state index contributed by atoms with van der Waals surface area (Å²) in [5, 5.41) is 14.4. The number of nitrogens with zero attached hydrogens (tertiary/aromatic N) is 2. The molecule has 21 heavy (non-hydrogen) atoms. The maximum absolute atomic E-state index is 13.3. The topological polar surface area (TPSA) is 52.9 Å². The van der Waals surface area contributed by atoms with E-state index in [4.69, 9.17) is 0 Å². The zero-order valence-corrected chi connectivity index (χ0v) is 11.7. The molecule has 0 bridgehead atoms. The molecule has 1 amide bonds. The molecule has 1 heterocycles. The normalized spacial score (nSPS) is 31.4. The van der Waals surface area contributed by atoms with Crippen molar-refractivity contribution in [1.29, 1.82) is 0 Å². The van der Waals surface area contributed by atoms with E-state index in [1.165, 1.54) is 0 Å². The van der Waals surface area contributed by atoms with E-state index in [1.807, 2.05) is 0 Å². The molecular weight excluding hydrogens is 285 g/mol. The summed E-state index contributed by atoms with van der Waals surface area (Å²) in [6.45, 7) is 0. The van der Waals surface area contributed by atoms with Crippen molar-refractivity contribution in [2.45, 2.75) is 63.3 Å². The van der Waals surface area contributed by atoms with Gasteiger partial charge < -0.3 is 5.11 Å². The molecule has 0 saturated heterocycles. The summed E-state index contributed by atoms with van der Waals surface area (Å²) in [4.78, 5) is 12.1. The molecule has 2 fully saturated rings. The van der Waals surface area contributed by atoms with Crippen LogP contribution in [0, 0.1) is 11.8 Å². The zero-order chi connectivity index (χ0) is 15.3. The molecule has 0 aromatic carbocycles. The molecule has 1 atom stereocenters. The van der Waals surface area contributed by atoms with Crippen molar-refractivity contribution in [3.8, 4) is 0 Å². The lowest BCUT2D eigenvalue weighted by molar-refractivity contribution is -0.302. The Hall–Kier alpha value is -1.11. The number of aliphatic hydroxyl groups is 1. The van der Waals surface area contributed by atoms with Gasteiger partial charge in [0.05, 0.1) is 0 Å². The highest BCUT2D eigenvalue weighted by Crippen LogP contribution is 2.45. The summed E-state index contributed by atoms with van der Waals surface area (Å²) >= 11 is 0. The third-order valence-corrected chi connectivity index (χ3v) is 4.67. The fourth-order valence-corrected chi connectivity index (χ4v) is 3.19. The number of hydrogen-bond donors (Lipinski definition) is 1. The molecule has 1 N–H and O–H groups in total. The lowest BCUT2D eigenvalue weighted by Crippen LogP contribution is -2.57. The molecule has 1 aliphatic heterocycles. The Morgan fingerprint density at radius 1 is 1.19 bits per heavy atom. The van der Waals surface area contributed by atoms with Gasteiger partial charge >= 0.3 is 6.18 Å². The van der Waals surface area contributed by atoms with Gasteiger partial charge in [0.15, 0.2) is 0 Å². The molecule has 0 aromatic rings. The minimum Gasteiger partial charge on any atom is -0.362 e. The summed E-state index contributed by atoms with van der Waals surface area (Å²) in [6, 6.07) is 0. The molecule has 0 spiro atoms. The van der Waals surface area contributed by atoms with E-state index in [-0.39, 0.29) is 5.92 Å². The highest BCUT2D eigenvalue weighted by Gasteiger charge is 2.64. The van der Waals surface area contributed by atoms with Gasteiger partial charge in [0.25, 0.3) is 5.72 Å². The average molecular weight is 304 g/mol. The Labute approximate surface area is 121 Å². The van der Waals surface area contributed by atoms with Crippen molar-refractivity contribution in [1.82, 2.24) is 5.01 Å².